The zero-order valence-electron chi connectivity index (χ0n) is 11.1. The normalized spacial score (nSPS) is 10.9. The van der Waals surface area contributed by atoms with Crippen LogP contribution in [0, 0.1) is 0 Å². The van der Waals surface area contributed by atoms with Gasteiger partial charge in [-0.05, 0) is 45.0 Å². The fourth-order valence-electron chi connectivity index (χ4n) is 1.79. The van der Waals surface area contributed by atoms with Crippen molar-refractivity contribution in [3.8, 4) is 17.0 Å². The number of nitrogens with zero attached hydrogens (tertiary/aromatic N) is 2. The van der Waals surface area contributed by atoms with Crippen LogP contribution in [0.2, 0.25) is 0 Å². The third-order valence-corrected chi connectivity index (χ3v) is 2.61. The number of anilines is 1. The number of nitrogens with two attached hydrogens (primary N) is 1. The quantitative estimate of drug-likeness (QED) is 0.901. The van der Waals surface area contributed by atoms with E-state index in [2.05, 4.69) is 5.10 Å². The Hall–Kier alpha value is -1.97. The lowest BCUT2D eigenvalue weighted by Gasteiger charge is -2.09. The van der Waals surface area contributed by atoms with Crippen molar-refractivity contribution < 1.29 is 4.74 Å². The van der Waals surface area contributed by atoms with Gasteiger partial charge >= 0.3 is 0 Å². The first kappa shape index (κ1) is 12.5. The Morgan fingerprint density at radius 1 is 1.28 bits per heavy atom. The van der Waals surface area contributed by atoms with Gasteiger partial charge in [-0.25, -0.2) is 0 Å². The summed E-state index contributed by atoms with van der Waals surface area (Å²) in [5.41, 5.74) is 8.49. The lowest BCUT2D eigenvalue weighted by atomic mass is 10.1. The summed E-state index contributed by atoms with van der Waals surface area (Å²) in [5.74, 6) is 0.863. The summed E-state index contributed by atoms with van der Waals surface area (Å²) in [6.45, 7) is 6.87. The number of rotatable bonds is 4. The zero-order valence-corrected chi connectivity index (χ0v) is 11.1. The highest BCUT2D eigenvalue weighted by molar-refractivity contribution is 5.72. The van der Waals surface area contributed by atoms with E-state index in [0.29, 0.717) is 5.69 Å². The molecule has 2 rings (SSSR count). The molecule has 1 aromatic carbocycles. The lowest BCUT2D eigenvalue weighted by molar-refractivity contribution is 0.242. The molecular weight excluding hydrogens is 226 g/mol. The van der Waals surface area contributed by atoms with E-state index in [9.17, 15) is 0 Å². The average Bonchev–Trinajstić information content (AvgIpc) is 2.71. The first-order valence-electron chi connectivity index (χ1n) is 6.20. The molecule has 0 aliphatic carbocycles. The summed E-state index contributed by atoms with van der Waals surface area (Å²) >= 11 is 0. The Morgan fingerprint density at radius 3 is 2.44 bits per heavy atom. The molecule has 0 saturated heterocycles. The molecule has 0 spiro atoms. The number of ether oxygens (including phenoxy) is 1. The fourth-order valence-corrected chi connectivity index (χ4v) is 1.79. The Morgan fingerprint density at radius 2 is 1.94 bits per heavy atom. The van der Waals surface area contributed by atoms with Gasteiger partial charge in [-0.1, -0.05) is 0 Å². The smallest absolute Gasteiger partial charge is 0.119 e. The summed E-state index contributed by atoms with van der Waals surface area (Å²) < 4.78 is 7.44. The van der Waals surface area contributed by atoms with Gasteiger partial charge in [0.05, 0.1) is 11.8 Å². The summed E-state index contributed by atoms with van der Waals surface area (Å²) in [6, 6.07) is 7.85. The summed E-state index contributed by atoms with van der Waals surface area (Å²) in [5, 5.41) is 4.44. The van der Waals surface area contributed by atoms with E-state index in [0.717, 1.165) is 23.6 Å². The van der Waals surface area contributed by atoms with Crippen LogP contribution in [0.4, 0.5) is 5.69 Å². The highest BCUT2D eigenvalue weighted by Crippen LogP contribution is 2.26. The van der Waals surface area contributed by atoms with Crippen molar-refractivity contribution in [2.75, 3.05) is 5.73 Å². The van der Waals surface area contributed by atoms with Gasteiger partial charge < -0.3 is 10.5 Å². The van der Waals surface area contributed by atoms with Gasteiger partial charge in [0.1, 0.15) is 11.4 Å². The van der Waals surface area contributed by atoms with Crippen molar-refractivity contribution in [1.29, 1.82) is 0 Å². The molecule has 2 N–H and O–H groups in total. The molecule has 0 amide bonds. The fraction of sp³-hybridized carbons (Fsp3) is 0.357. The van der Waals surface area contributed by atoms with Crippen LogP contribution < -0.4 is 10.5 Å². The minimum absolute atomic E-state index is 0.181. The van der Waals surface area contributed by atoms with Gasteiger partial charge in [0.25, 0.3) is 0 Å². The van der Waals surface area contributed by atoms with Crippen molar-refractivity contribution in [2.45, 2.75) is 33.4 Å². The van der Waals surface area contributed by atoms with Crippen LogP contribution in [-0.4, -0.2) is 15.9 Å². The highest BCUT2D eigenvalue weighted by atomic mass is 16.5. The van der Waals surface area contributed by atoms with Gasteiger partial charge in [-0.2, -0.15) is 5.10 Å². The third kappa shape index (κ3) is 2.64. The standard InChI is InChI=1S/C14H19N3O/c1-4-17-9-13(15)14(16-17)11-5-7-12(8-6-11)18-10(2)3/h5-10H,4,15H2,1-3H3. The highest BCUT2D eigenvalue weighted by Gasteiger charge is 2.08. The van der Waals surface area contributed by atoms with E-state index < -0.39 is 0 Å². The third-order valence-electron chi connectivity index (χ3n) is 2.61. The molecule has 1 heterocycles. The molecule has 0 saturated carbocycles. The summed E-state index contributed by atoms with van der Waals surface area (Å²) in [6.07, 6.45) is 2.04. The van der Waals surface area contributed by atoms with E-state index >= 15 is 0 Å². The molecule has 2 aromatic rings. The topological polar surface area (TPSA) is 53.1 Å². The second kappa shape index (κ2) is 5.12. The molecule has 4 heteroatoms. The number of aryl methyl sites for hydroxylation is 1. The Bertz CT molecular complexity index is 514. The molecule has 0 aliphatic heterocycles. The first-order chi connectivity index (χ1) is 8.60. The van der Waals surface area contributed by atoms with E-state index in [1.165, 1.54) is 0 Å². The lowest BCUT2D eigenvalue weighted by Crippen LogP contribution is -2.05. The molecule has 1 aromatic heterocycles. The van der Waals surface area contributed by atoms with Crippen molar-refractivity contribution >= 4 is 5.69 Å². The molecule has 0 aliphatic rings. The van der Waals surface area contributed by atoms with Crippen LogP contribution in [0.15, 0.2) is 30.5 Å². The number of benzene rings is 1. The monoisotopic (exact) mass is 245 g/mol. The maximum Gasteiger partial charge on any atom is 0.119 e. The predicted octanol–water partition coefficient (Wildman–Crippen LogP) is 2.94. The minimum atomic E-state index is 0.181. The number of aromatic nitrogens is 2. The van der Waals surface area contributed by atoms with E-state index in [4.69, 9.17) is 10.5 Å². The van der Waals surface area contributed by atoms with Crippen LogP contribution in [0.5, 0.6) is 5.75 Å². The minimum Gasteiger partial charge on any atom is -0.491 e. The molecule has 96 valence electrons. The van der Waals surface area contributed by atoms with Gasteiger partial charge in [0.2, 0.25) is 0 Å². The van der Waals surface area contributed by atoms with Crippen LogP contribution in [-0.2, 0) is 6.54 Å². The molecule has 0 radical (unpaired) electrons. The summed E-state index contributed by atoms with van der Waals surface area (Å²) in [4.78, 5) is 0. The van der Waals surface area contributed by atoms with Gasteiger partial charge in [0, 0.05) is 18.3 Å². The Balaban J connectivity index is 2.25. The molecule has 0 unspecified atom stereocenters. The maximum atomic E-state index is 5.95. The number of hydrogen-bond donors (Lipinski definition) is 1. The van der Waals surface area contributed by atoms with Gasteiger partial charge in [0.15, 0.2) is 0 Å². The predicted molar refractivity (Wildman–Crippen MR) is 73.5 cm³/mol. The van der Waals surface area contributed by atoms with E-state index in [-0.39, 0.29) is 6.10 Å². The van der Waals surface area contributed by atoms with Crippen LogP contribution in [0.1, 0.15) is 20.8 Å². The zero-order chi connectivity index (χ0) is 13.1. The average molecular weight is 245 g/mol. The second-order valence-electron chi connectivity index (χ2n) is 4.48. The molecule has 0 fully saturated rings. The largest absolute Gasteiger partial charge is 0.491 e. The molecule has 0 atom stereocenters. The van der Waals surface area contributed by atoms with Crippen LogP contribution >= 0.6 is 0 Å². The Kier molecular flexibility index (Phi) is 3.55. The van der Waals surface area contributed by atoms with E-state index in [1.54, 1.807) is 0 Å². The van der Waals surface area contributed by atoms with Crippen LogP contribution in [0.3, 0.4) is 0 Å². The molecule has 18 heavy (non-hydrogen) atoms. The van der Waals surface area contributed by atoms with Gasteiger partial charge in [-0.15, -0.1) is 0 Å². The van der Waals surface area contributed by atoms with Crippen LogP contribution in [0.25, 0.3) is 11.3 Å². The van der Waals surface area contributed by atoms with Crippen molar-refractivity contribution in [3.63, 3.8) is 0 Å². The van der Waals surface area contributed by atoms with Crippen molar-refractivity contribution in [3.05, 3.63) is 30.5 Å². The molecule has 4 nitrogen and oxygen atoms in total. The number of hydrogen-bond acceptors (Lipinski definition) is 3. The van der Waals surface area contributed by atoms with Gasteiger partial charge in [-0.3, -0.25) is 4.68 Å². The molecule has 0 bridgehead atoms. The maximum absolute atomic E-state index is 5.95. The summed E-state index contributed by atoms with van der Waals surface area (Å²) in [7, 11) is 0. The number of nitrogen functional groups attached to an aromatic ring is 1. The SMILES string of the molecule is CCn1cc(N)c(-c2ccc(OC(C)C)cc2)n1. The van der Waals surface area contributed by atoms with Crippen molar-refractivity contribution in [2.24, 2.45) is 0 Å². The first-order valence-corrected chi connectivity index (χ1v) is 6.20. The van der Waals surface area contributed by atoms with Crippen molar-refractivity contribution in [1.82, 2.24) is 9.78 Å². The molecular formula is C14H19N3O. The Labute approximate surface area is 107 Å². The second-order valence-corrected chi connectivity index (χ2v) is 4.48. The van der Waals surface area contributed by atoms with E-state index in [1.807, 2.05) is 55.9 Å².